The highest BCUT2D eigenvalue weighted by Gasteiger charge is 2.66. The molecule has 0 amide bonds. The van der Waals surface area contributed by atoms with Crippen molar-refractivity contribution in [2.45, 2.75) is 150 Å². The van der Waals surface area contributed by atoms with Gasteiger partial charge < -0.3 is 88.3 Å². The molecule has 19 heteroatoms. The Morgan fingerprint density at radius 3 is 2.28 bits per heavy atom. The fraction of sp³-hybridized carbons (Fsp3) is 0.871. The monoisotopic (exact) mass is 722 g/mol. The molecule has 15 atom stereocenters. The van der Waals surface area contributed by atoms with Gasteiger partial charge in [-0.1, -0.05) is 0 Å². The molecule has 50 heavy (non-hydrogen) atoms. The largest absolute Gasteiger partial charge is 0.466 e. The lowest BCUT2D eigenvalue weighted by molar-refractivity contribution is -0.323. The molecule has 0 aromatic heterocycles. The Morgan fingerprint density at radius 1 is 1.12 bits per heavy atom. The van der Waals surface area contributed by atoms with Crippen LogP contribution in [0.3, 0.4) is 0 Å². The number of ether oxygens (including phenoxy) is 5. The molecule has 2 aliphatic heterocycles. The van der Waals surface area contributed by atoms with Crippen molar-refractivity contribution in [3.05, 3.63) is 11.8 Å². The molecule has 19 nitrogen and oxygen atoms in total. The van der Waals surface area contributed by atoms with Gasteiger partial charge in [0.25, 0.3) is 0 Å². The van der Waals surface area contributed by atoms with Gasteiger partial charge in [0.15, 0.2) is 17.6 Å². The van der Waals surface area contributed by atoms with Crippen LogP contribution in [0.2, 0.25) is 0 Å². The van der Waals surface area contributed by atoms with E-state index in [0.717, 1.165) is 0 Å². The van der Waals surface area contributed by atoms with E-state index in [1.54, 1.807) is 20.8 Å². The van der Waals surface area contributed by atoms with Crippen molar-refractivity contribution in [2.24, 2.45) is 28.7 Å². The fourth-order valence-corrected chi connectivity index (χ4v) is 6.62. The van der Waals surface area contributed by atoms with Crippen LogP contribution < -0.4 is 34.0 Å². The average Bonchev–Trinajstić information content (AvgIpc) is 3.01. The summed E-state index contributed by atoms with van der Waals surface area (Å²) in [6.07, 6.45) is -13.6. The summed E-state index contributed by atoms with van der Waals surface area (Å²) in [5, 5.41) is 68.3. The number of hydrogen-bond donors (Lipinski definition) is 12. The van der Waals surface area contributed by atoms with Crippen molar-refractivity contribution in [1.29, 1.82) is 0 Å². The number of rotatable bonds is 13. The Kier molecular flexibility index (Phi) is 13.6. The van der Waals surface area contributed by atoms with Gasteiger partial charge in [0.05, 0.1) is 24.8 Å². The minimum absolute atomic E-state index is 0.0568. The van der Waals surface area contributed by atoms with Crippen LogP contribution in [0.1, 0.15) is 53.9 Å². The van der Waals surface area contributed by atoms with Crippen molar-refractivity contribution in [2.75, 3.05) is 20.2 Å². The number of esters is 1. The molecule has 3 unspecified atom stereocenters. The second-order valence-electron chi connectivity index (χ2n) is 14.7. The Labute approximate surface area is 291 Å². The first-order chi connectivity index (χ1) is 23.0. The maximum absolute atomic E-state index is 13.7. The molecule has 1 saturated carbocycles. The number of hydrogen-bond acceptors (Lipinski definition) is 19. The number of nitrogens with two attached hydrogens (primary N) is 5. The molecule has 1 saturated heterocycles. The molecular weight excluding hydrogens is 664 g/mol. The van der Waals surface area contributed by atoms with Gasteiger partial charge in [0.2, 0.25) is 6.29 Å². The molecule has 3 aliphatic rings. The summed E-state index contributed by atoms with van der Waals surface area (Å²) in [4.78, 5) is 27.3. The topological polar surface area (TPSA) is 344 Å². The average molecular weight is 723 g/mol. The summed E-state index contributed by atoms with van der Waals surface area (Å²) >= 11 is 0. The molecule has 2 fully saturated rings. The lowest BCUT2D eigenvalue weighted by Gasteiger charge is -2.54. The number of likely N-dealkylation sites (N-methyl/N-ethyl adjacent to an activating group) is 1. The zero-order chi connectivity index (χ0) is 38.1. The standard InChI is InChI=1S/C31H58N6O13/c1-13(38)19(40)18(35)17-8-7-14(33)25(47-17)48-21-15(34)11-30(36,22(42)16(39)9-10-32)24(20(21)41)49-26-23(43)31(37-6,29(5,45)12-46-26)27(44)50-28(2,3)4/h8,13-16,18-21,23-26,37-41,43,45H,7,9-12,32-36H2,1-6H3/t13?,14-,15+,16-,18?,19?,20+,21-,23+,24-,25-,26-,29+,30+,31+/m1/s1. The third kappa shape index (κ3) is 8.32. The quantitative estimate of drug-likeness (QED) is 0.0789. The van der Waals surface area contributed by atoms with Gasteiger partial charge in [-0.25, -0.2) is 4.79 Å². The second kappa shape index (κ2) is 16.0. The summed E-state index contributed by atoms with van der Waals surface area (Å²) in [5.41, 5.74) is 23.4. The normalized spacial score (nSPS) is 40.5. The minimum Gasteiger partial charge on any atom is -0.466 e. The maximum atomic E-state index is 13.7. The number of nitrogens with one attached hydrogen (secondary N) is 1. The van der Waals surface area contributed by atoms with Gasteiger partial charge in [-0.15, -0.1) is 0 Å². The first-order valence-electron chi connectivity index (χ1n) is 16.6. The SMILES string of the molecule is CN[C@]1(C(=O)OC(C)(C)C)[C@@H](O)[C@@H](O[C@@H]2[C@@H](O)[C@H](O[C@H]3OC(C(N)C(O)C(C)O)=CC[C@H]3N)[C@@H](N)C[C@]2(N)C(=O)[C@H](O)CCN)OC[C@]1(C)O. The van der Waals surface area contributed by atoms with E-state index in [1.165, 1.54) is 27.0 Å². The number of carbonyl (C=O) groups excluding carboxylic acids is 2. The molecular formula is C31H58N6O13. The number of aliphatic hydroxyl groups excluding tert-OH is 5. The van der Waals surface area contributed by atoms with Gasteiger partial charge in [0.1, 0.15) is 59.1 Å². The number of Topliss-reactive ketones (excluding diaryl/α,β-unsaturated/α-hetero) is 1. The van der Waals surface area contributed by atoms with Crippen molar-refractivity contribution < 1.29 is 63.9 Å². The fourth-order valence-electron chi connectivity index (χ4n) is 6.62. The van der Waals surface area contributed by atoms with Crippen LogP contribution in [-0.2, 0) is 33.3 Å². The summed E-state index contributed by atoms with van der Waals surface area (Å²) in [7, 11) is 1.31. The van der Waals surface area contributed by atoms with E-state index in [4.69, 9.17) is 52.4 Å². The first kappa shape index (κ1) is 42.5. The number of ketones is 1. The van der Waals surface area contributed by atoms with Gasteiger partial charge in [-0.2, -0.15) is 0 Å². The Bertz CT molecular complexity index is 1220. The third-order valence-electron chi connectivity index (χ3n) is 9.50. The van der Waals surface area contributed by atoms with Crippen LogP contribution in [0.25, 0.3) is 0 Å². The van der Waals surface area contributed by atoms with Crippen molar-refractivity contribution in [3.63, 3.8) is 0 Å². The van der Waals surface area contributed by atoms with Crippen LogP contribution in [0.5, 0.6) is 0 Å². The Morgan fingerprint density at radius 2 is 1.74 bits per heavy atom. The smallest absolute Gasteiger partial charge is 0.332 e. The van der Waals surface area contributed by atoms with Crippen LogP contribution in [-0.4, -0.2) is 158 Å². The van der Waals surface area contributed by atoms with Crippen LogP contribution in [0.4, 0.5) is 0 Å². The van der Waals surface area contributed by atoms with Crippen molar-refractivity contribution >= 4 is 11.8 Å². The minimum atomic E-state index is -2.25. The van der Waals surface area contributed by atoms with Gasteiger partial charge >= 0.3 is 5.97 Å². The molecule has 0 aromatic carbocycles. The van der Waals surface area contributed by atoms with E-state index < -0.39 is 120 Å². The molecule has 0 aromatic rings. The Hall–Kier alpha value is -1.92. The van der Waals surface area contributed by atoms with Gasteiger partial charge in [0, 0.05) is 6.04 Å². The summed E-state index contributed by atoms with van der Waals surface area (Å²) < 4.78 is 29.2. The van der Waals surface area contributed by atoms with Crippen LogP contribution in [0, 0.1) is 0 Å². The molecule has 2 heterocycles. The second-order valence-corrected chi connectivity index (χ2v) is 14.7. The molecule has 3 rings (SSSR count). The van der Waals surface area contributed by atoms with Crippen LogP contribution >= 0.6 is 0 Å². The number of carbonyl (C=O) groups is 2. The Balaban J connectivity index is 2.01. The molecule has 290 valence electrons. The van der Waals surface area contributed by atoms with E-state index in [1.807, 2.05) is 0 Å². The third-order valence-corrected chi connectivity index (χ3v) is 9.50. The van der Waals surface area contributed by atoms with E-state index in [-0.39, 0.29) is 25.1 Å². The summed E-state index contributed by atoms with van der Waals surface area (Å²) in [6.45, 7) is 6.68. The highest BCUT2D eigenvalue weighted by atomic mass is 16.7. The lowest BCUT2D eigenvalue weighted by atomic mass is 9.70. The van der Waals surface area contributed by atoms with Crippen molar-refractivity contribution in [3.8, 4) is 0 Å². The zero-order valence-corrected chi connectivity index (χ0v) is 29.5. The molecule has 1 aliphatic carbocycles. The van der Waals surface area contributed by atoms with Crippen molar-refractivity contribution in [1.82, 2.24) is 5.32 Å². The van der Waals surface area contributed by atoms with E-state index in [0.29, 0.717) is 0 Å². The number of aliphatic hydroxyl groups is 6. The lowest BCUT2D eigenvalue weighted by Crippen LogP contribution is -2.80. The van der Waals surface area contributed by atoms with Gasteiger partial charge in [-0.05, 0) is 73.5 Å². The van der Waals surface area contributed by atoms with E-state index >= 15 is 0 Å². The highest BCUT2D eigenvalue weighted by molar-refractivity contribution is 5.93. The first-order valence-corrected chi connectivity index (χ1v) is 16.6. The summed E-state index contributed by atoms with van der Waals surface area (Å²) in [5.74, 6) is -1.98. The molecule has 0 radical (unpaired) electrons. The highest BCUT2D eigenvalue weighted by Crippen LogP contribution is 2.40. The van der Waals surface area contributed by atoms with E-state index in [2.05, 4.69) is 5.32 Å². The molecule has 17 N–H and O–H groups in total. The van der Waals surface area contributed by atoms with E-state index in [9.17, 15) is 40.2 Å². The summed E-state index contributed by atoms with van der Waals surface area (Å²) in [6, 6.07) is -3.20. The van der Waals surface area contributed by atoms with Gasteiger partial charge in [-0.3, -0.25) is 4.79 Å². The predicted octanol–water partition coefficient (Wildman–Crippen LogP) is -5.38. The maximum Gasteiger partial charge on any atom is 0.332 e. The molecule has 0 spiro atoms. The molecule has 0 bridgehead atoms. The zero-order valence-electron chi connectivity index (χ0n) is 29.5. The van der Waals surface area contributed by atoms with Crippen LogP contribution in [0.15, 0.2) is 11.8 Å². The predicted molar refractivity (Wildman–Crippen MR) is 175 cm³/mol.